The lowest BCUT2D eigenvalue weighted by Gasteiger charge is -2.19. The molecule has 1 rings (SSSR count). The molecule has 12 heteroatoms. The van der Waals surface area contributed by atoms with E-state index in [1.54, 1.807) is 45.0 Å². The van der Waals surface area contributed by atoms with Crippen molar-refractivity contribution in [3.63, 3.8) is 0 Å². The summed E-state index contributed by atoms with van der Waals surface area (Å²) in [5, 5.41) is 0. The van der Waals surface area contributed by atoms with E-state index in [1.807, 2.05) is 6.07 Å². The second-order valence-electron chi connectivity index (χ2n) is 8.02. The summed E-state index contributed by atoms with van der Waals surface area (Å²) in [6.45, 7) is 8.43. The van der Waals surface area contributed by atoms with Crippen LogP contribution >= 0.6 is 0 Å². The van der Waals surface area contributed by atoms with Crippen molar-refractivity contribution < 1.29 is 42.9 Å². The second-order valence-corrected chi connectivity index (χ2v) is 8.02. The highest BCUT2D eigenvalue weighted by molar-refractivity contribution is 5.89. The highest BCUT2D eigenvalue weighted by atomic mass is 16.7. The van der Waals surface area contributed by atoms with Gasteiger partial charge in [0.2, 0.25) is 5.91 Å². The van der Waals surface area contributed by atoms with E-state index < -0.39 is 23.6 Å². The molecule has 2 amide bonds. The van der Waals surface area contributed by atoms with Gasteiger partial charge in [0, 0.05) is 0 Å². The third kappa shape index (κ3) is 18.3. The maximum atomic E-state index is 11.7. The number of hydrogen-bond acceptors (Lipinski definition) is 10. The molecule has 198 valence electrons. The Bertz CT molecular complexity index is 727. The van der Waals surface area contributed by atoms with E-state index >= 15 is 0 Å². The van der Waals surface area contributed by atoms with Crippen LogP contribution in [0.25, 0.3) is 0 Å². The van der Waals surface area contributed by atoms with E-state index in [1.165, 1.54) is 0 Å². The number of ether oxygens (including phenoxy) is 5. The molecule has 0 aliphatic rings. The van der Waals surface area contributed by atoms with Crippen molar-refractivity contribution in [2.24, 2.45) is 0 Å². The van der Waals surface area contributed by atoms with Crippen LogP contribution < -0.4 is 16.3 Å². The molecule has 0 fully saturated rings. The van der Waals surface area contributed by atoms with Crippen LogP contribution in [0.15, 0.2) is 30.3 Å². The Hall–Kier alpha value is -2.77. The molecule has 0 heterocycles. The molecule has 1 aromatic rings. The van der Waals surface area contributed by atoms with Gasteiger partial charge in [0.25, 0.3) is 0 Å². The van der Waals surface area contributed by atoms with Crippen LogP contribution in [0, 0.1) is 0 Å². The third-order valence-corrected chi connectivity index (χ3v) is 3.82. The number of hydrogen-bond donors (Lipinski definition) is 3. The topological polar surface area (TPSA) is 143 Å². The first-order valence-corrected chi connectivity index (χ1v) is 11.4. The van der Waals surface area contributed by atoms with Crippen LogP contribution in [0.3, 0.4) is 0 Å². The molecule has 0 aliphatic carbocycles. The summed E-state index contributed by atoms with van der Waals surface area (Å²) in [5.74, 6) is -0.839. The number of hydrazine groups is 1. The van der Waals surface area contributed by atoms with Crippen LogP contribution in [0.4, 0.5) is 4.79 Å². The molecule has 0 saturated heterocycles. The highest BCUT2D eigenvalue weighted by Crippen LogP contribution is 2.05. The monoisotopic (exact) mass is 499 g/mol. The van der Waals surface area contributed by atoms with Gasteiger partial charge in [0.15, 0.2) is 0 Å². The zero-order valence-corrected chi connectivity index (χ0v) is 20.6. The molecular weight excluding hydrogens is 462 g/mol. The van der Waals surface area contributed by atoms with Gasteiger partial charge in [-0.2, -0.15) is 5.48 Å². The Balaban J connectivity index is 1.79. The minimum absolute atomic E-state index is 0.0872. The molecular formula is C23H37N3O9. The van der Waals surface area contributed by atoms with E-state index in [-0.39, 0.29) is 13.0 Å². The molecule has 35 heavy (non-hydrogen) atoms. The Labute approximate surface area is 205 Å². The molecule has 0 saturated carbocycles. The summed E-state index contributed by atoms with van der Waals surface area (Å²) in [7, 11) is 0. The van der Waals surface area contributed by atoms with Crippen molar-refractivity contribution in [1.82, 2.24) is 16.3 Å². The Morgan fingerprint density at radius 2 is 1.29 bits per heavy atom. The van der Waals surface area contributed by atoms with Crippen molar-refractivity contribution in [2.75, 3.05) is 59.4 Å². The number of rotatable bonds is 17. The van der Waals surface area contributed by atoms with E-state index in [0.717, 1.165) is 0 Å². The van der Waals surface area contributed by atoms with Gasteiger partial charge in [0.1, 0.15) is 5.60 Å². The van der Waals surface area contributed by atoms with Crippen LogP contribution in [0.5, 0.6) is 0 Å². The summed E-state index contributed by atoms with van der Waals surface area (Å²) >= 11 is 0. The van der Waals surface area contributed by atoms with Gasteiger partial charge in [0.05, 0.1) is 71.4 Å². The molecule has 0 bridgehead atoms. The van der Waals surface area contributed by atoms with Crippen molar-refractivity contribution in [1.29, 1.82) is 0 Å². The minimum Gasteiger partial charge on any atom is -0.443 e. The summed E-state index contributed by atoms with van der Waals surface area (Å²) in [6, 6.07) is 8.69. The molecule has 0 atom stereocenters. The molecule has 12 nitrogen and oxygen atoms in total. The highest BCUT2D eigenvalue weighted by Gasteiger charge is 2.16. The maximum Gasteiger partial charge on any atom is 0.426 e. The smallest absolute Gasteiger partial charge is 0.426 e. The predicted octanol–water partition coefficient (Wildman–Crippen LogP) is 1.36. The van der Waals surface area contributed by atoms with E-state index in [0.29, 0.717) is 58.4 Å². The fourth-order valence-electron chi connectivity index (χ4n) is 2.28. The number of carbonyl (C=O) groups excluding carboxylic acids is 3. The quantitative estimate of drug-likeness (QED) is 0.212. The number of amides is 2. The van der Waals surface area contributed by atoms with Crippen LogP contribution in [-0.2, 0) is 33.3 Å². The Morgan fingerprint density at radius 1 is 0.743 bits per heavy atom. The van der Waals surface area contributed by atoms with Crippen molar-refractivity contribution in [3.8, 4) is 0 Å². The first-order chi connectivity index (χ1) is 16.8. The van der Waals surface area contributed by atoms with E-state index in [9.17, 15) is 14.4 Å². The second kappa shape index (κ2) is 18.5. The largest absolute Gasteiger partial charge is 0.443 e. The number of benzene rings is 1. The lowest BCUT2D eigenvalue weighted by atomic mass is 10.2. The predicted molar refractivity (Wildman–Crippen MR) is 125 cm³/mol. The van der Waals surface area contributed by atoms with Crippen LogP contribution in [0.1, 0.15) is 37.6 Å². The number of hydroxylamine groups is 1. The fraction of sp³-hybridized carbons (Fsp3) is 0.609. The number of carbonyl (C=O) groups is 3. The zero-order valence-electron chi connectivity index (χ0n) is 20.6. The molecule has 0 spiro atoms. The lowest BCUT2D eigenvalue weighted by molar-refractivity contribution is -0.123. The Kier molecular flexibility index (Phi) is 16.0. The summed E-state index contributed by atoms with van der Waals surface area (Å²) in [4.78, 5) is 39.6. The van der Waals surface area contributed by atoms with Gasteiger partial charge in [-0.15, -0.1) is 0 Å². The van der Waals surface area contributed by atoms with E-state index in [2.05, 4.69) is 16.3 Å². The summed E-state index contributed by atoms with van der Waals surface area (Å²) in [6.07, 6.45) is -0.642. The van der Waals surface area contributed by atoms with Gasteiger partial charge in [-0.25, -0.2) is 15.0 Å². The van der Waals surface area contributed by atoms with Gasteiger partial charge in [-0.3, -0.25) is 10.2 Å². The average Bonchev–Trinajstić information content (AvgIpc) is 2.81. The van der Waals surface area contributed by atoms with Gasteiger partial charge in [-0.05, 0) is 32.9 Å². The first kappa shape index (κ1) is 30.3. The molecule has 0 radical (unpaired) electrons. The molecule has 0 aromatic heterocycles. The van der Waals surface area contributed by atoms with E-state index in [4.69, 9.17) is 28.5 Å². The minimum atomic E-state index is -0.729. The SMILES string of the molecule is CC(C)(C)OC(=O)NNC(=O)CCOCCOCCOCCOCCNOC(=O)c1ccccc1. The molecule has 3 N–H and O–H groups in total. The number of nitrogens with one attached hydrogen (secondary N) is 3. The van der Waals surface area contributed by atoms with Crippen molar-refractivity contribution in [3.05, 3.63) is 35.9 Å². The molecule has 0 aliphatic heterocycles. The average molecular weight is 500 g/mol. The molecule has 1 aromatic carbocycles. The standard InChI is InChI=1S/C23H37N3O9/c1-23(2,3)34-22(29)26-25-20(27)9-11-30-13-15-32-17-18-33-16-14-31-12-10-24-35-21(28)19-7-5-4-6-8-19/h4-8,24H,9-18H2,1-3H3,(H,25,27)(H,26,29). The normalized spacial score (nSPS) is 11.1. The zero-order chi connectivity index (χ0) is 25.8. The summed E-state index contributed by atoms with van der Waals surface area (Å²) in [5.41, 5.74) is 6.79. The third-order valence-electron chi connectivity index (χ3n) is 3.82. The first-order valence-electron chi connectivity index (χ1n) is 11.4. The van der Waals surface area contributed by atoms with Crippen molar-refractivity contribution in [2.45, 2.75) is 32.8 Å². The van der Waals surface area contributed by atoms with Crippen LogP contribution in [0.2, 0.25) is 0 Å². The van der Waals surface area contributed by atoms with Crippen LogP contribution in [-0.4, -0.2) is 83.0 Å². The lowest BCUT2D eigenvalue weighted by Crippen LogP contribution is -2.44. The van der Waals surface area contributed by atoms with Gasteiger partial charge >= 0.3 is 12.1 Å². The van der Waals surface area contributed by atoms with Gasteiger partial charge in [-0.1, -0.05) is 18.2 Å². The van der Waals surface area contributed by atoms with Gasteiger partial charge < -0.3 is 28.5 Å². The summed E-state index contributed by atoms with van der Waals surface area (Å²) < 4.78 is 26.4. The maximum absolute atomic E-state index is 11.7. The van der Waals surface area contributed by atoms with Crippen molar-refractivity contribution >= 4 is 18.0 Å². The molecule has 0 unspecified atom stereocenters. The Morgan fingerprint density at radius 3 is 1.86 bits per heavy atom. The fourth-order valence-corrected chi connectivity index (χ4v) is 2.28.